The Morgan fingerprint density at radius 1 is 1.09 bits per heavy atom. The Bertz CT molecular complexity index is 126. The first kappa shape index (κ1) is 11.0. The summed E-state index contributed by atoms with van der Waals surface area (Å²) in [6.45, 7) is 7.31. The van der Waals surface area contributed by atoms with Crippen LogP contribution in [0.2, 0.25) is 18.1 Å². The second-order valence-electron chi connectivity index (χ2n) is 3.94. The predicted molar refractivity (Wildman–Crippen MR) is 43.6 cm³/mol. The van der Waals surface area contributed by atoms with Crippen LogP contribution in [0.25, 0.3) is 0 Å². The van der Waals surface area contributed by atoms with E-state index in [1.807, 2.05) is 13.1 Å². The largest absolute Gasteiger partial charge is 0.389 e. The molecule has 0 aromatic rings. The van der Waals surface area contributed by atoms with Crippen molar-refractivity contribution in [3.05, 3.63) is 0 Å². The van der Waals surface area contributed by atoms with Crippen molar-refractivity contribution in [1.82, 2.24) is 0 Å². The summed E-state index contributed by atoms with van der Waals surface area (Å²) in [5.41, 5.74) is 0. The maximum Gasteiger partial charge on any atom is 0.389 e. The monoisotopic (exact) mass is 184 g/mol. The molecular weight excluding hydrogens is 169 g/mol. The third-order valence-electron chi connectivity index (χ3n) is 2.22. The lowest BCUT2D eigenvalue weighted by Gasteiger charge is -2.29. The smallest absolute Gasteiger partial charge is 0.171 e. The van der Waals surface area contributed by atoms with Gasteiger partial charge in [0, 0.05) is 15.2 Å². The topological polar surface area (TPSA) is 0 Å². The van der Waals surface area contributed by atoms with Crippen molar-refractivity contribution in [2.75, 3.05) is 0 Å². The maximum absolute atomic E-state index is 11.9. The summed E-state index contributed by atoms with van der Waals surface area (Å²) in [6.07, 6.45) is -4.63. The van der Waals surface area contributed by atoms with Crippen molar-refractivity contribution in [3.8, 4) is 0 Å². The van der Waals surface area contributed by atoms with E-state index in [0.29, 0.717) is 0 Å². The summed E-state index contributed by atoms with van der Waals surface area (Å²) in [4.78, 5) is 0. The Balaban J connectivity index is 4.13. The zero-order valence-corrected chi connectivity index (χ0v) is 8.57. The average Bonchev–Trinajstić information content (AvgIpc) is 1.56. The molecule has 0 saturated heterocycles. The van der Waals surface area contributed by atoms with Gasteiger partial charge in [0.15, 0.2) is 0 Å². The Kier molecular flexibility index (Phi) is 3.17. The molecule has 0 heterocycles. The van der Waals surface area contributed by atoms with Crippen molar-refractivity contribution in [1.29, 1.82) is 0 Å². The fourth-order valence-electron chi connectivity index (χ4n) is 0.721. The van der Waals surface area contributed by atoms with Gasteiger partial charge in [0.1, 0.15) is 0 Å². The minimum atomic E-state index is -4.00. The predicted octanol–water partition coefficient (Wildman–Crippen LogP) is 3.21. The SMILES string of the molecule is C[SiH](C)C(C)(C)CC(F)(F)F. The fraction of sp³-hybridized carbons (Fsp3) is 1.00. The quantitative estimate of drug-likeness (QED) is 0.578. The molecule has 0 aromatic carbocycles. The van der Waals surface area contributed by atoms with Crippen LogP contribution in [-0.4, -0.2) is 15.0 Å². The summed E-state index contributed by atoms with van der Waals surface area (Å²) in [5.74, 6) is 0. The number of hydrogen-bond donors (Lipinski definition) is 0. The summed E-state index contributed by atoms with van der Waals surface area (Å²) in [7, 11) is -1.20. The van der Waals surface area contributed by atoms with E-state index >= 15 is 0 Å². The molecule has 0 spiro atoms. The van der Waals surface area contributed by atoms with Crippen molar-refractivity contribution in [2.45, 2.75) is 44.6 Å². The average molecular weight is 184 g/mol. The molecule has 0 saturated carbocycles. The lowest BCUT2D eigenvalue weighted by atomic mass is 10.1. The molecule has 0 rings (SSSR count). The molecule has 0 radical (unpaired) electrons. The van der Waals surface area contributed by atoms with Gasteiger partial charge in [0.05, 0.1) is 0 Å². The molecule has 0 nitrogen and oxygen atoms in total. The van der Waals surface area contributed by atoms with Crippen LogP contribution in [0.5, 0.6) is 0 Å². The highest BCUT2D eigenvalue weighted by Crippen LogP contribution is 2.40. The molecule has 0 N–H and O–H groups in total. The Morgan fingerprint density at radius 3 is 1.55 bits per heavy atom. The summed E-state index contributed by atoms with van der Waals surface area (Å²) in [5, 5.41) is -0.502. The minimum Gasteiger partial charge on any atom is -0.171 e. The molecule has 0 aromatic heterocycles. The maximum atomic E-state index is 11.9. The first-order valence-corrected chi connectivity index (χ1v) is 6.60. The van der Waals surface area contributed by atoms with Crippen LogP contribution in [0.1, 0.15) is 20.3 Å². The molecule has 0 unspecified atom stereocenters. The van der Waals surface area contributed by atoms with Crippen LogP contribution in [0.4, 0.5) is 13.2 Å². The second-order valence-corrected chi connectivity index (χ2v) is 7.81. The second kappa shape index (κ2) is 3.17. The minimum absolute atomic E-state index is 0.502. The molecule has 68 valence electrons. The zero-order chi connectivity index (χ0) is 9.28. The molecule has 0 atom stereocenters. The van der Waals surface area contributed by atoms with Gasteiger partial charge in [-0.25, -0.2) is 0 Å². The molecular formula is C7H15F3Si. The van der Waals surface area contributed by atoms with E-state index in [2.05, 4.69) is 0 Å². The Hall–Kier alpha value is 0.00688. The van der Waals surface area contributed by atoms with Crippen molar-refractivity contribution < 1.29 is 13.2 Å². The summed E-state index contributed by atoms with van der Waals surface area (Å²) < 4.78 is 35.8. The summed E-state index contributed by atoms with van der Waals surface area (Å²) >= 11 is 0. The highest BCUT2D eigenvalue weighted by Gasteiger charge is 2.38. The van der Waals surface area contributed by atoms with Gasteiger partial charge in [0.25, 0.3) is 0 Å². The van der Waals surface area contributed by atoms with Gasteiger partial charge in [-0.1, -0.05) is 26.9 Å². The van der Waals surface area contributed by atoms with Crippen molar-refractivity contribution in [2.24, 2.45) is 0 Å². The first-order valence-electron chi connectivity index (χ1n) is 3.72. The lowest BCUT2D eigenvalue weighted by molar-refractivity contribution is -0.140. The third kappa shape index (κ3) is 4.45. The highest BCUT2D eigenvalue weighted by molar-refractivity contribution is 6.59. The molecule has 4 heteroatoms. The molecule has 0 amide bonds. The van der Waals surface area contributed by atoms with E-state index in [1.165, 1.54) is 0 Å². The van der Waals surface area contributed by atoms with E-state index < -0.39 is 26.4 Å². The molecule has 0 aliphatic heterocycles. The van der Waals surface area contributed by atoms with E-state index in [4.69, 9.17) is 0 Å². The van der Waals surface area contributed by atoms with E-state index in [-0.39, 0.29) is 0 Å². The van der Waals surface area contributed by atoms with Gasteiger partial charge < -0.3 is 0 Å². The van der Waals surface area contributed by atoms with Crippen LogP contribution < -0.4 is 0 Å². The third-order valence-corrected chi connectivity index (χ3v) is 5.55. The number of halogens is 3. The molecule has 0 aliphatic rings. The van der Waals surface area contributed by atoms with Crippen LogP contribution in [0.15, 0.2) is 0 Å². The molecule has 0 bridgehead atoms. The number of hydrogen-bond acceptors (Lipinski definition) is 0. The standard InChI is InChI=1S/C7H15F3Si/c1-6(2,11(3)4)5-7(8,9)10/h11H,5H2,1-4H3. The lowest BCUT2D eigenvalue weighted by Crippen LogP contribution is -2.27. The fourth-order valence-corrected chi connectivity index (χ4v) is 1.36. The van der Waals surface area contributed by atoms with E-state index in [0.717, 1.165) is 0 Å². The molecule has 0 fully saturated rings. The number of rotatable bonds is 2. The van der Waals surface area contributed by atoms with Crippen LogP contribution >= 0.6 is 0 Å². The number of alkyl halides is 3. The summed E-state index contributed by atoms with van der Waals surface area (Å²) in [6, 6.07) is 0. The Morgan fingerprint density at radius 2 is 1.45 bits per heavy atom. The van der Waals surface area contributed by atoms with Crippen LogP contribution in [0.3, 0.4) is 0 Å². The normalized spacial score (nSPS) is 14.2. The zero-order valence-electron chi connectivity index (χ0n) is 7.42. The molecule has 0 aliphatic carbocycles. The highest BCUT2D eigenvalue weighted by atomic mass is 28.3. The van der Waals surface area contributed by atoms with E-state index in [9.17, 15) is 13.2 Å². The van der Waals surface area contributed by atoms with Crippen molar-refractivity contribution in [3.63, 3.8) is 0 Å². The Labute approximate surface area is 67.4 Å². The first-order chi connectivity index (χ1) is 4.65. The van der Waals surface area contributed by atoms with Crippen LogP contribution in [0, 0.1) is 0 Å². The van der Waals surface area contributed by atoms with Crippen LogP contribution in [-0.2, 0) is 0 Å². The van der Waals surface area contributed by atoms with Gasteiger partial charge >= 0.3 is 6.18 Å². The van der Waals surface area contributed by atoms with Gasteiger partial charge in [-0.05, 0) is 5.04 Å². The van der Waals surface area contributed by atoms with Crippen molar-refractivity contribution >= 4 is 8.80 Å². The van der Waals surface area contributed by atoms with Gasteiger partial charge in [0.2, 0.25) is 0 Å². The van der Waals surface area contributed by atoms with E-state index in [1.54, 1.807) is 13.8 Å². The van der Waals surface area contributed by atoms with Gasteiger partial charge in [-0.15, -0.1) is 0 Å². The van der Waals surface area contributed by atoms with Gasteiger partial charge in [-0.2, -0.15) is 13.2 Å². The van der Waals surface area contributed by atoms with Gasteiger partial charge in [-0.3, -0.25) is 0 Å². The molecule has 11 heavy (non-hydrogen) atoms.